The fourth-order valence-electron chi connectivity index (χ4n) is 8.88. The number of hydrogen-bond donors (Lipinski definition) is 0. The maximum atomic E-state index is 10.7. The topological polar surface area (TPSA) is 46.5 Å². The number of pyridine rings is 1. The van der Waals surface area contributed by atoms with Crippen molar-refractivity contribution < 1.29 is 0 Å². The number of para-hydroxylation sites is 2. The fraction of sp³-hybridized carbons (Fsp3) is 0. The maximum absolute atomic E-state index is 10.7. The van der Waals surface area contributed by atoms with Gasteiger partial charge in [-0.3, -0.25) is 4.98 Å². The molecule has 0 saturated heterocycles. The Morgan fingerprint density at radius 3 is 1.44 bits per heavy atom. The van der Waals surface area contributed by atoms with Gasteiger partial charge in [-0.1, -0.05) is 103 Å². The number of fused-ring (bicyclic) bond motifs is 14. The van der Waals surface area contributed by atoms with Crippen LogP contribution in [0.2, 0.25) is 0 Å². The van der Waals surface area contributed by atoms with Gasteiger partial charge in [-0.05, 0) is 42.5 Å². The molecule has 5 heterocycles. The average molecular weight is 723 g/mol. The van der Waals surface area contributed by atoms with Crippen molar-refractivity contribution in [2.45, 2.75) is 0 Å². The molecule has 0 spiro atoms. The molecule has 54 heavy (non-hydrogen) atoms. The fourth-order valence-corrected chi connectivity index (χ4v) is 11.1. The van der Waals surface area contributed by atoms with E-state index in [0.717, 1.165) is 44.6 Å². The van der Waals surface area contributed by atoms with Gasteiger partial charge >= 0.3 is 0 Å². The first-order valence-corrected chi connectivity index (χ1v) is 19.6. The Bertz CT molecular complexity index is 3380. The maximum Gasteiger partial charge on any atom is 0.0998 e. The minimum atomic E-state index is 0.616. The van der Waals surface area contributed by atoms with Crippen LogP contribution in [-0.2, 0) is 0 Å². The second-order valence-electron chi connectivity index (χ2n) is 13.8. The molecule has 0 bridgehead atoms. The summed E-state index contributed by atoms with van der Waals surface area (Å²) in [5.74, 6) is 0. The van der Waals surface area contributed by atoms with Gasteiger partial charge in [-0.15, -0.1) is 22.7 Å². The van der Waals surface area contributed by atoms with E-state index in [2.05, 4.69) is 143 Å². The first kappa shape index (κ1) is 29.8. The van der Waals surface area contributed by atoms with Crippen molar-refractivity contribution in [3.05, 3.63) is 164 Å². The Kier molecular flexibility index (Phi) is 6.12. The van der Waals surface area contributed by atoms with Crippen molar-refractivity contribution in [1.29, 1.82) is 5.26 Å². The number of nitriles is 1. The molecule has 6 heteroatoms. The van der Waals surface area contributed by atoms with E-state index >= 15 is 0 Å². The minimum Gasteiger partial charge on any atom is -0.306 e. The standard InChI is InChI=1S/C48H26N4S2/c49-25-28-11-1-2-12-29(28)44-38(51-36-17-7-3-13-30(36)32-21-23-42-45(47(32)51)34-15-5-9-19-40(34)53-42)26-50-27-39(44)52-37-18-8-4-14-31(37)33-22-24-43-46(48(33)52)35-16-6-10-20-41(35)54-43/h1-24,26-27H. The molecule has 7 aromatic carbocycles. The highest BCUT2D eigenvalue weighted by Gasteiger charge is 2.26. The summed E-state index contributed by atoms with van der Waals surface area (Å²) in [7, 11) is 0. The monoisotopic (exact) mass is 722 g/mol. The van der Waals surface area contributed by atoms with Crippen molar-refractivity contribution >= 4 is 107 Å². The van der Waals surface area contributed by atoms with Crippen LogP contribution in [0, 0.1) is 11.3 Å². The zero-order chi connectivity index (χ0) is 35.5. The van der Waals surface area contributed by atoms with Gasteiger partial charge in [0.1, 0.15) is 0 Å². The van der Waals surface area contributed by atoms with E-state index in [9.17, 15) is 5.26 Å². The Morgan fingerprint density at radius 2 is 0.907 bits per heavy atom. The van der Waals surface area contributed by atoms with Crippen molar-refractivity contribution in [2.75, 3.05) is 0 Å². The van der Waals surface area contributed by atoms with E-state index in [1.165, 1.54) is 61.9 Å². The lowest BCUT2D eigenvalue weighted by Gasteiger charge is -2.20. The molecule has 250 valence electrons. The molecule has 0 N–H and O–H groups in total. The highest BCUT2D eigenvalue weighted by Crippen LogP contribution is 2.48. The van der Waals surface area contributed by atoms with Gasteiger partial charge < -0.3 is 9.13 Å². The third-order valence-electron chi connectivity index (χ3n) is 11.1. The lowest BCUT2D eigenvalue weighted by Crippen LogP contribution is -2.06. The summed E-state index contributed by atoms with van der Waals surface area (Å²) in [4.78, 5) is 5.11. The van der Waals surface area contributed by atoms with Crippen LogP contribution in [0.5, 0.6) is 0 Å². The molecule has 0 amide bonds. The number of hydrogen-bond acceptors (Lipinski definition) is 4. The zero-order valence-corrected chi connectivity index (χ0v) is 30.2. The molecule has 0 saturated carbocycles. The van der Waals surface area contributed by atoms with Crippen molar-refractivity contribution in [2.24, 2.45) is 0 Å². The van der Waals surface area contributed by atoms with Gasteiger partial charge in [0, 0.05) is 73.0 Å². The van der Waals surface area contributed by atoms with Crippen LogP contribution in [0.15, 0.2) is 158 Å². The van der Waals surface area contributed by atoms with Crippen molar-refractivity contribution in [1.82, 2.24) is 14.1 Å². The molecule has 0 radical (unpaired) electrons. The van der Waals surface area contributed by atoms with Crippen LogP contribution in [0.25, 0.3) is 106 Å². The molecule has 0 fully saturated rings. The van der Waals surface area contributed by atoms with E-state index in [1.807, 2.05) is 53.3 Å². The largest absolute Gasteiger partial charge is 0.306 e. The van der Waals surface area contributed by atoms with Gasteiger partial charge in [0.2, 0.25) is 0 Å². The van der Waals surface area contributed by atoms with Gasteiger partial charge in [0.25, 0.3) is 0 Å². The molecule has 0 aliphatic heterocycles. The van der Waals surface area contributed by atoms with Crippen LogP contribution in [0.4, 0.5) is 0 Å². The summed E-state index contributed by atoms with van der Waals surface area (Å²) < 4.78 is 9.83. The third kappa shape index (κ3) is 3.92. The first-order chi connectivity index (χ1) is 26.8. The molecular weight excluding hydrogens is 697 g/mol. The van der Waals surface area contributed by atoms with E-state index in [1.54, 1.807) is 0 Å². The summed E-state index contributed by atoms with van der Waals surface area (Å²) in [6, 6.07) is 54.4. The van der Waals surface area contributed by atoms with Crippen molar-refractivity contribution in [3.63, 3.8) is 0 Å². The molecule has 12 aromatic rings. The number of thiophene rings is 2. The number of nitrogens with zero attached hydrogens (tertiary/aromatic N) is 4. The van der Waals surface area contributed by atoms with Crippen LogP contribution in [0.1, 0.15) is 5.56 Å². The predicted octanol–water partition coefficient (Wildman–Crippen LogP) is 13.6. The second-order valence-corrected chi connectivity index (χ2v) is 15.9. The molecule has 12 rings (SSSR count). The van der Waals surface area contributed by atoms with Crippen LogP contribution < -0.4 is 0 Å². The zero-order valence-electron chi connectivity index (χ0n) is 28.6. The SMILES string of the molecule is N#Cc1ccccc1-c1c(-n2c3ccccc3c3ccc4sc5ccccc5c4c32)cncc1-n1c2ccccc2c2ccc3sc4ccccc4c3c21. The Balaban J connectivity index is 1.32. The van der Waals surface area contributed by atoms with Crippen molar-refractivity contribution in [3.8, 4) is 28.6 Å². The van der Waals surface area contributed by atoms with Crippen LogP contribution in [0.3, 0.4) is 0 Å². The Hall–Kier alpha value is -6.78. The molecule has 5 aromatic heterocycles. The van der Waals surface area contributed by atoms with E-state index in [-0.39, 0.29) is 0 Å². The smallest absolute Gasteiger partial charge is 0.0998 e. The normalized spacial score (nSPS) is 12.1. The molecule has 4 nitrogen and oxygen atoms in total. The van der Waals surface area contributed by atoms with Gasteiger partial charge in [0.05, 0.1) is 57.5 Å². The van der Waals surface area contributed by atoms with Crippen LogP contribution >= 0.6 is 22.7 Å². The number of aromatic nitrogens is 3. The summed E-state index contributed by atoms with van der Waals surface area (Å²) >= 11 is 3.66. The summed E-state index contributed by atoms with van der Waals surface area (Å²) in [5, 5.41) is 20.4. The number of rotatable bonds is 3. The first-order valence-electron chi connectivity index (χ1n) is 17.9. The highest BCUT2D eigenvalue weighted by molar-refractivity contribution is 7.26. The molecule has 0 atom stereocenters. The Morgan fingerprint density at radius 1 is 0.444 bits per heavy atom. The van der Waals surface area contributed by atoms with E-state index < -0.39 is 0 Å². The highest BCUT2D eigenvalue weighted by atomic mass is 32.1. The molecular formula is C48H26N4S2. The summed E-state index contributed by atoms with van der Waals surface area (Å²) in [6.45, 7) is 0. The van der Waals surface area contributed by atoms with Crippen LogP contribution in [-0.4, -0.2) is 14.1 Å². The predicted molar refractivity (Wildman–Crippen MR) is 229 cm³/mol. The summed E-state index contributed by atoms with van der Waals surface area (Å²) in [6.07, 6.45) is 3.99. The number of benzene rings is 7. The Labute approximate surface area is 316 Å². The average Bonchev–Trinajstić information content (AvgIpc) is 3.98. The second kappa shape index (κ2) is 11.1. The lowest BCUT2D eigenvalue weighted by molar-refractivity contribution is 1.10. The van der Waals surface area contributed by atoms with Gasteiger partial charge in [-0.2, -0.15) is 5.26 Å². The third-order valence-corrected chi connectivity index (χ3v) is 13.3. The molecule has 0 unspecified atom stereocenters. The lowest BCUT2D eigenvalue weighted by atomic mass is 9.97. The van der Waals surface area contributed by atoms with E-state index in [4.69, 9.17) is 4.98 Å². The summed E-state index contributed by atoms with van der Waals surface area (Å²) in [5.41, 5.74) is 8.79. The molecule has 0 aliphatic carbocycles. The van der Waals surface area contributed by atoms with E-state index in [0.29, 0.717) is 5.56 Å². The van der Waals surface area contributed by atoms with Gasteiger partial charge in [-0.25, -0.2) is 0 Å². The quantitative estimate of drug-likeness (QED) is 0.182. The van der Waals surface area contributed by atoms with Gasteiger partial charge in [0.15, 0.2) is 0 Å². The molecule has 0 aliphatic rings. The minimum absolute atomic E-state index is 0.616.